The molecule has 0 radical (unpaired) electrons. The van der Waals surface area contributed by atoms with Crippen LogP contribution in [-0.2, 0) is 14.9 Å². The fraction of sp³-hybridized carbons (Fsp3) is 0.423. The number of furan rings is 1. The first-order valence-electron chi connectivity index (χ1n) is 11.2. The number of methoxy groups -OCH3 is 1. The molecule has 0 spiro atoms. The molecule has 0 unspecified atom stereocenters. The van der Waals surface area contributed by atoms with Crippen LogP contribution in [0.3, 0.4) is 0 Å². The molecule has 2 aromatic rings. The lowest BCUT2D eigenvalue weighted by atomic mass is 9.55. The van der Waals surface area contributed by atoms with E-state index in [0.29, 0.717) is 0 Å². The van der Waals surface area contributed by atoms with Crippen molar-refractivity contribution in [1.29, 1.82) is 0 Å². The van der Waals surface area contributed by atoms with Crippen LogP contribution in [-0.4, -0.2) is 54.3 Å². The summed E-state index contributed by atoms with van der Waals surface area (Å²) < 4.78 is 11.4. The van der Waals surface area contributed by atoms with Crippen LogP contribution in [0, 0.1) is 0 Å². The van der Waals surface area contributed by atoms with E-state index >= 15 is 0 Å². The standard InChI is InChI=1S/C26H32N2O4/c1-3-13-28-14-12-25(21-5-4-6-23(29)16-21)17-22(9-11-26(25,19-28)31-2)27-24(30)8-7-20-10-15-32-18-20/h3-8,10,15-16,18,22,29H,1,9,11-14,17,19H2,2H3,(H,27,30)/b8-7+/t22-,25+,26+/m1/s1. The Labute approximate surface area is 189 Å². The summed E-state index contributed by atoms with van der Waals surface area (Å²) in [6.45, 7) is 6.43. The number of hydrogen-bond acceptors (Lipinski definition) is 5. The monoisotopic (exact) mass is 436 g/mol. The van der Waals surface area contributed by atoms with Gasteiger partial charge in [0, 0.05) is 43.3 Å². The molecule has 1 aliphatic carbocycles. The predicted molar refractivity (Wildman–Crippen MR) is 124 cm³/mol. The average Bonchev–Trinajstić information content (AvgIpc) is 3.32. The normalized spacial score (nSPS) is 28.3. The number of carbonyl (C=O) groups is 1. The van der Waals surface area contributed by atoms with E-state index in [9.17, 15) is 9.90 Å². The minimum Gasteiger partial charge on any atom is -0.508 e. The van der Waals surface area contributed by atoms with Crippen LogP contribution >= 0.6 is 0 Å². The Morgan fingerprint density at radius 1 is 1.41 bits per heavy atom. The van der Waals surface area contributed by atoms with E-state index in [0.717, 1.165) is 56.4 Å². The molecule has 1 aromatic heterocycles. The molecule has 1 saturated carbocycles. The lowest BCUT2D eigenvalue weighted by Crippen LogP contribution is -2.67. The molecule has 1 amide bonds. The number of nitrogens with zero attached hydrogens (tertiary/aromatic N) is 1. The number of fused-ring (bicyclic) bond motifs is 1. The number of phenols is 1. The minimum absolute atomic E-state index is 0.0214. The van der Waals surface area contributed by atoms with E-state index in [1.54, 1.807) is 37.9 Å². The molecule has 6 nitrogen and oxygen atoms in total. The lowest BCUT2D eigenvalue weighted by molar-refractivity contribution is -0.148. The first-order valence-corrected chi connectivity index (χ1v) is 11.2. The van der Waals surface area contributed by atoms with Gasteiger partial charge in [0.05, 0.1) is 18.1 Å². The molecule has 1 aliphatic heterocycles. The molecule has 3 atom stereocenters. The highest BCUT2D eigenvalue weighted by Crippen LogP contribution is 2.53. The molecule has 0 bridgehead atoms. The zero-order valence-corrected chi connectivity index (χ0v) is 18.6. The van der Waals surface area contributed by atoms with Crippen molar-refractivity contribution in [1.82, 2.24) is 10.2 Å². The zero-order chi connectivity index (χ0) is 22.6. The van der Waals surface area contributed by atoms with E-state index in [1.807, 2.05) is 24.3 Å². The molecule has 4 rings (SSSR count). The molecule has 2 aliphatic rings. The molecule has 170 valence electrons. The molecule has 1 saturated heterocycles. The molecule has 32 heavy (non-hydrogen) atoms. The summed E-state index contributed by atoms with van der Waals surface area (Å²) >= 11 is 0. The van der Waals surface area contributed by atoms with Crippen LogP contribution < -0.4 is 5.32 Å². The van der Waals surface area contributed by atoms with Crippen molar-refractivity contribution in [2.24, 2.45) is 0 Å². The first kappa shape index (κ1) is 22.4. The number of nitrogens with one attached hydrogen (secondary N) is 1. The van der Waals surface area contributed by atoms with Crippen LogP contribution in [0.25, 0.3) is 6.08 Å². The summed E-state index contributed by atoms with van der Waals surface area (Å²) in [6, 6.07) is 9.37. The average molecular weight is 437 g/mol. The van der Waals surface area contributed by atoms with E-state index in [4.69, 9.17) is 9.15 Å². The predicted octanol–water partition coefficient (Wildman–Crippen LogP) is 3.88. The number of hydrogen-bond donors (Lipinski definition) is 2. The molecule has 1 aromatic carbocycles. The highest BCUT2D eigenvalue weighted by atomic mass is 16.5. The van der Waals surface area contributed by atoms with Gasteiger partial charge in [-0.15, -0.1) is 6.58 Å². The number of phenolic OH excluding ortho intramolecular Hbond substituents is 1. The number of piperidine rings is 1. The summed E-state index contributed by atoms with van der Waals surface area (Å²) in [7, 11) is 1.79. The van der Waals surface area contributed by atoms with E-state index in [2.05, 4.69) is 22.9 Å². The SMILES string of the molecule is C=CCN1CC[C@@]2(c3cccc(O)c3)C[C@H](NC(=O)/C=C/c3ccoc3)CC[C@]2(OC)C1. The van der Waals surface area contributed by atoms with Crippen LogP contribution in [0.2, 0.25) is 0 Å². The van der Waals surface area contributed by atoms with Crippen molar-refractivity contribution in [2.45, 2.75) is 42.7 Å². The number of likely N-dealkylation sites (tertiary alicyclic amines) is 1. The van der Waals surface area contributed by atoms with Gasteiger partial charge in [-0.3, -0.25) is 9.69 Å². The van der Waals surface area contributed by atoms with Crippen LogP contribution in [0.4, 0.5) is 0 Å². The van der Waals surface area contributed by atoms with Gasteiger partial charge >= 0.3 is 0 Å². The number of carbonyl (C=O) groups excluding carboxylic acids is 1. The fourth-order valence-corrected chi connectivity index (χ4v) is 5.65. The van der Waals surface area contributed by atoms with Crippen LogP contribution in [0.15, 0.2) is 66.0 Å². The van der Waals surface area contributed by atoms with Gasteiger partial charge in [0.1, 0.15) is 5.75 Å². The largest absolute Gasteiger partial charge is 0.508 e. The second-order valence-corrected chi connectivity index (χ2v) is 8.94. The van der Waals surface area contributed by atoms with E-state index in [-0.39, 0.29) is 23.1 Å². The molecular formula is C26H32N2O4. The van der Waals surface area contributed by atoms with Crippen molar-refractivity contribution in [2.75, 3.05) is 26.7 Å². The topological polar surface area (TPSA) is 74.9 Å². The summed E-state index contributed by atoms with van der Waals surface area (Å²) in [6.07, 6.45) is 11.7. The highest BCUT2D eigenvalue weighted by Gasteiger charge is 2.58. The summed E-state index contributed by atoms with van der Waals surface area (Å²) in [4.78, 5) is 15.0. The van der Waals surface area contributed by atoms with Crippen LogP contribution in [0.1, 0.15) is 36.8 Å². The molecule has 2 heterocycles. The molecular weight excluding hydrogens is 404 g/mol. The van der Waals surface area contributed by atoms with Gasteiger partial charge in [-0.25, -0.2) is 0 Å². The van der Waals surface area contributed by atoms with Gasteiger partial charge in [-0.2, -0.15) is 0 Å². The van der Waals surface area contributed by atoms with Gasteiger partial charge in [0.2, 0.25) is 5.91 Å². The Hall–Kier alpha value is -2.83. The number of benzene rings is 1. The van der Waals surface area contributed by atoms with Crippen molar-refractivity contribution >= 4 is 12.0 Å². The third-order valence-electron chi connectivity index (χ3n) is 7.19. The van der Waals surface area contributed by atoms with Gasteiger partial charge in [-0.05, 0) is 62.1 Å². The summed E-state index contributed by atoms with van der Waals surface area (Å²) in [5, 5.41) is 13.4. The van der Waals surface area contributed by atoms with E-state index in [1.165, 1.54) is 0 Å². The maximum atomic E-state index is 12.6. The Kier molecular flexibility index (Phi) is 6.53. The van der Waals surface area contributed by atoms with Crippen molar-refractivity contribution < 1.29 is 19.1 Å². The minimum atomic E-state index is -0.393. The smallest absolute Gasteiger partial charge is 0.244 e. The summed E-state index contributed by atoms with van der Waals surface area (Å²) in [5.41, 5.74) is 1.23. The number of ether oxygens (including phenoxy) is 1. The van der Waals surface area contributed by atoms with Crippen molar-refractivity contribution in [3.63, 3.8) is 0 Å². The Morgan fingerprint density at radius 3 is 3.00 bits per heavy atom. The van der Waals surface area contributed by atoms with Gasteiger partial charge < -0.3 is 19.6 Å². The number of amides is 1. The first-order chi connectivity index (χ1) is 15.5. The lowest BCUT2D eigenvalue weighted by Gasteiger charge is -2.59. The maximum absolute atomic E-state index is 12.6. The molecule has 6 heteroatoms. The van der Waals surface area contributed by atoms with Gasteiger partial charge in [0.25, 0.3) is 0 Å². The van der Waals surface area contributed by atoms with Gasteiger partial charge in [0.15, 0.2) is 0 Å². The quantitative estimate of drug-likeness (QED) is 0.509. The van der Waals surface area contributed by atoms with Crippen molar-refractivity contribution in [3.05, 3.63) is 72.7 Å². The zero-order valence-electron chi connectivity index (χ0n) is 18.6. The number of aromatic hydroxyl groups is 1. The second kappa shape index (κ2) is 9.35. The highest BCUT2D eigenvalue weighted by molar-refractivity contribution is 5.91. The third kappa shape index (κ3) is 4.25. The third-order valence-corrected chi connectivity index (χ3v) is 7.19. The Bertz CT molecular complexity index is 970. The summed E-state index contributed by atoms with van der Waals surface area (Å²) in [5.74, 6) is 0.140. The second-order valence-electron chi connectivity index (χ2n) is 8.94. The maximum Gasteiger partial charge on any atom is 0.244 e. The van der Waals surface area contributed by atoms with Crippen LogP contribution in [0.5, 0.6) is 5.75 Å². The Morgan fingerprint density at radius 2 is 2.28 bits per heavy atom. The van der Waals surface area contributed by atoms with Crippen molar-refractivity contribution in [3.8, 4) is 5.75 Å². The molecule has 2 fully saturated rings. The molecule has 2 N–H and O–H groups in total. The van der Waals surface area contributed by atoms with E-state index < -0.39 is 5.60 Å². The Balaban J connectivity index is 1.60. The number of rotatable bonds is 7. The van der Waals surface area contributed by atoms with Gasteiger partial charge in [-0.1, -0.05) is 18.2 Å². The fourth-order valence-electron chi connectivity index (χ4n) is 5.65.